The molecule has 0 aliphatic carbocycles. The van der Waals surface area contributed by atoms with Gasteiger partial charge in [-0.25, -0.2) is 9.97 Å². The van der Waals surface area contributed by atoms with Crippen LogP contribution in [-0.2, 0) is 4.79 Å². The quantitative estimate of drug-likeness (QED) is 0.826. The van der Waals surface area contributed by atoms with Gasteiger partial charge in [-0.1, -0.05) is 20.8 Å². The molecule has 1 aromatic rings. The van der Waals surface area contributed by atoms with Gasteiger partial charge in [-0.3, -0.25) is 4.79 Å². The molecule has 0 bridgehead atoms. The van der Waals surface area contributed by atoms with Gasteiger partial charge in [0, 0.05) is 19.7 Å². The van der Waals surface area contributed by atoms with E-state index in [-0.39, 0.29) is 12.0 Å². The average molecular weight is 252 g/mol. The molecular weight excluding hydrogens is 232 g/mol. The van der Waals surface area contributed by atoms with E-state index in [0.717, 1.165) is 6.54 Å². The molecule has 1 heterocycles. The van der Waals surface area contributed by atoms with Gasteiger partial charge in [0.15, 0.2) is 0 Å². The highest BCUT2D eigenvalue weighted by molar-refractivity contribution is 5.73. The first-order valence-corrected chi connectivity index (χ1v) is 5.77. The Labute approximate surface area is 107 Å². The van der Waals surface area contributed by atoms with E-state index in [2.05, 4.69) is 36.1 Å². The standard InChI is InChI=1S/C12H20N4O2/c1-12(2,3)7-13-9-5-10(15-8-14-9)16(4)6-11(17)18/h5,8H,6-7H2,1-4H3,(H,17,18)(H,13,14,15). The van der Waals surface area contributed by atoms with Crippen molar-refractivity contribution >= 4 is 17.6 Å². The Morgan fingerprint density at radius 3 is 2.67 bits per heavy atom. The number of rotatable bonds is 5. The van der Waals surface area contributed by atoms with Crippen LogP contribution in [0.15, 0.2) is 12.4 Å². The lowest BCUT2D eigenvalue weighted by atomic mass is 9.97. The van der Waals surface area contributed by atoms with Crippen LogP contribution in [0.25, 0.3) is 0 Å². The molecule has 0 radical (unpaired) electrons. The molecule has 1 rings (SSSR count). The molecule has 0 aromatic carbocycles. The number of carboxylic acid groups (broad SMARTS) is 1. The average Bonchev–Trinajstić information content (AvgIpc) is 2.25. The fraction of sp³-hybridized carbons (Fsp3) is 0.583. The lowest BCUT2D eigenvalue weighted by molar-refractivity contribution is -0.135. The molecule has 6 heteroatoms. The molecule has 100 valence electrons. The number of aliphatic carboxylic acids is 1. The van der Waals surface area contributed by atoms with Gasteiger partial charge >= 0.3 is 5.97 Å². The predicted molar refractivity (Wildman–Crippen MR) is 70.9 cm³/mol. The van der Waals surface area contributed by atoms with Crippen molar-refractivity contribution in [3.8, 4) is 0 Å². The summed E-state index contributed by atoms with van der Waals surface area (Å²) in [5, 5.41) is 11.9. The molecule has 0 aliphatic rings. The molecule has 6 nitrogen and oxygen atoms in total. The molecule has 0 saturated heterocycles. The smallest absolute Gasteiger partial charge is 0.323 e. The van der Waals surface area contributed by atoms with Crippen LogP contribution in [0.4, 0.5) is 11.6 Å². The van der Waals surface area contributed by atoms with E-state index >= 15 is 0 Å². The maximum Gasteiger partial charge on any atom is 0.323 e. The Kier molecular flexibility index (Phi) is 4.47. The topological polar surface area (TPSA) is 78.4 Å². The lowest BCUT2D eigenvalue weighted by Crippen LogP contribution is -2.26. The van der Waals surface area contributed by atoms with Crippen LogP contribution in [0.3, 0.4) is 0 Å². The summed E-state index contributed by atoms with van der Waals surface area (Å²) < 4.78 is 0. The van der Waals surface area contributed by atoms with Gasteiger partial charge in [0.05, 0.1) is 0 Å². The van der Waals surface area contributed by atoms with E-state index in [1.54, 1.807) is 18.0 Å². The molecule has 0 saturated carbocycles. The third kappa shape index (κ3) is 4.99. The monoisotopic (exact) mass is 252 g/mol. The van der Waals surface area contributed by atoms with Gasteiger partial charge in [0.25, 0.3) is 0 Å². The molecule has 0 unspecified atom stereocenters. The maximum atomic E-state index is 10.6. The SMILES string of the molecule is CN(CC(=O)O)c1cc(NCC(C)(C)C)ncn1. The minimum atomic E-state index is -0.889. The second-order valence-corrected chi connectivity index (χ2v) is 5.43. The number of hydrogen-bond donors (Lipinski definition) is 2. The number of anilines is 2. The minimum Gasteiger partial charge on any atom is -0.480 e. The van der Waals surface area contributed by atoms with Crippen molar-refractivity contribution in [1.29, 1.82) is 0 Å². The van der Waals surface area contributed by atoms with Gasteiger partial charge in [-0.15, -0.1) is 0 Å². The lowest BCUT2D eigenvalue weighted by Gasteiger charge is -2.20. The van der Waals surface area contributed by atoms with Gasteiger partial charge in [0.1, 0.15) is 24.5 Å². The summed E-state index contributed by atoms with van der Waals surface area (Å²) in [5.74, 6) is 0.399. The minimum absolute atomic E-state index is 0.0876. The highest BCUT2D eigenvalue weighted by Gasteiger charge is 2.11. The van der Waals surface area contributed by atoms with Gasteiger partial charge < -0.3 is 15.3 Å². The van der Waals surface area contributed by atoms with Crippen molar-refractivity contribution in [3.63, 3.8) is 0 Å². The molecule has 0 aliphatic heterocycles. The fourth-order valence-electron chi connectivity index (χ4n) is 1.29. The molecule has 2 N–H and O–H groups in total. The van der Waals surface area contributed by atoms with Crippen molar-refractivity contribution in [1.82, 2.24) is 9.97 Å². The first kappa shape index (κ1) is 14.2. The van der Waals surface area contributed by atoms with Crippen LogP contribution in [0.5, 0.6) is 0 Å². The summed E-state index contributed by atoms with van der Waals surface area (Å²) in [6, 6.07) is 1.74. The number of likely N-dealkylation sites (N-methyl/N-ethyl adjacent to an activating group) is 1. The van der Waals surface area contributed by atoms with Crippen LogP contribution in [-0.4, -0.2) is 41.2 Å². The van der Waals surface area contributed by atoms with Crippen LogP contribution in [0.2, 0.25) is 0 Å². The Hall–Kier alpha value is -1.85. The first-order valence-electron chi connectivity index (χ1n) is 5.77. The zero-order valence-corrected chi connectivity index (χ0v) is 11.3. The molecule has 0 atom stereocenters. The van der Waals surface area contributed by atoms with E-state index in [1.807, 2.05) is 0 Å². The molecule has 0 fully saturated rings. The molecule has 1 aromatic heterocycles. The summed E-state index contributed by atoms with van der Waals surface area (Å²) in [6.45, 7) is 7.07. The molecule has 0 amide bonds. The van der Waals surface area contributed by atoms with Crippen molar-refractivity contribution in [2.75, 3.05) is 30.4 Å². The largest absolute Gasteiger partial charge is 0.480 e. The third-order valence-corrected chi connectivity index (χ3v) is 2.22. The summed E-state index contributed by atoms with van der Waals surface area (Å²) in [5.41, 5.74) is 0.151. The summed E-state index contributed by atoms with van der Waals surface area (Å²) in [4.78, 5) is 20.3. The van der Waals surface area contributed by atoms with Gasteiger partial charge in [0.2, 0.25) is 0 Å². The number of aromatic nitrogens is 2. The van der Waals surface area contributed by atoms with E-state index in [0.29, 0.717) is 11.6 Å². The van der Waals surface area contributed by atoms with E-state index in [9.17, 15) is 4.79 Å². The third-order valence-electron chi connectivity index (χ3n) is 2.22. The molecular formula is C12H20N4O2. The molecule has 0 spiro atoms. The van der Waals surface area contributed by atoms with E-state index in [1.165, 1.54) is 6.33 Å². The Bertz CT molecular complexity index is 415. The number of carboxylic acids is 1. The highest BCUT2D eigenvalue weighted by Crippen LogP contribution is 2.16. The highest BCUT2D eigenvalue weighted by atomic mass is 16.4. The Morgan fingerprint density at radius 2 is 2.11 bits per heavy atom. The van der Waals surface area contributed by atoms with Gasteiger partial charge in [-0.05, 0) is 5.41 Å². The second kappa shape index (κ2) is 5.66. The zero-order valence-electron chi connectivity index (χ0n) is 11.3. The van der Waals surface area contributed by atoms with Crippen molar-refractivity contribution in [2.45, 2.75) is 20.8 Å². The number of hydrogen-bond acceptors (Lipinski definition) is 5. The Balaban J connectivity index is 2.70. The zero-order chi connectivity index (χ0) is 13.8. The number of nitrogens with zero attached hydrogens (tertiary/aromatic N) is 3. The van der Waals surface area contributed by atoms with E-state index in [4.69, 9.17) is 5.11 Å². The summed E-state index contributed by atoms with van der Waals surface area (Å²) in [6.07, 6.45) is 1.43. The summed E-state index contributed by atoms with van der Waals surface area (Å²) >= 11 is 0. The van der Waals surface area contributed by atoms with Crippen molar-refractivity contribution in [3.05, 3.63) is 12.4 Å². The number of carbonyl (C=O) groups is 1. The van der Waals surface area contributed by atoms with Crippen LogP contribution < -0.4 is 10.2 Å². The van der Waals surface area contributed by atoms with Crippen molar-refractivity contribution in [2.24, 2.45) is 5.41 Å². The second-order valence-electron chi connectivity index (χ2n) is 5.43. The Morgan fingerprint density at radius 1 is 1.44 bits per heavy atom. The van der Waals surface area contributed by atoms with Crippen LogP contribution in [0.1, 0.15) is 20.8 Å². The summed E-state index contributed by atoms with van der Waals surface area (Å²) in [7, 11) is 1.68. The van der Waals surface area contributed by atoms with Crippen molar-refractivity contribution < 1.29 is 9.90 Å². The predicted octanol–water partition coefficient (Wildman–Crippen LogP) is 1.46. The number of nitrogens with one attached hydrogen (secondary N) is 1. The van der Waals surface area contributed by atoms with Gasteiger partial charge in [-0.2, -0.15) is 0 Å². The first-order chi connectivity index (χ1) is 8.28. The van der Waals surface area contributed by atoms with E-state index < -0.39 is 5.97 Å². The maximum absolute atomic E-state index is 10.6. The normalized spacial score (nSPS) is 11.1. The fourth-order valence-corrected chi connectivity index (χ4v) is 1.29. The van der Waals surface area contributed by atoms with Crippen LogP contribution in [0, 0.1) is 5.41 Å². The van der Waals surface area contributed by atoms with Crippen LogP contribution >= 0.6 is 0 Å². The molecule has 18 heavy (non-hydrogen) atoms.